The van der Waals surface area contributed by atoms with Gasteiger partial charge in [0.1, 0.15) is 24.0 Å². The van der Waals surface area contributed by atoms with Crippen LogP contribution in [-0.4, -0.2) is 29.7 Å². The first-order valence-corrected chi connectivity index (χ1v) is 4.67. The van der Waals surface area contributed by atoms with E-state index in [9.17, 15) is 13.2 Å². The summed E-state index contributed by atoms with van der Waals surface area (Å²) in [7, 11) is 1.66. The Bertz CT molecular complexity index is 376. The lowest BCUT2D eigenvalue weighted by molar-refractivity contribution is -0.115. The summed E-state index contributed by atoms with van der Waals surface area (Å²) in [4.78, 5) is 7.97. The predicted molar refractivity (Wildman–Crippen MR) is 55.6 cm³/mol. The van der Waals surface area contributed by atoms with Gasteiger partial charge in [0, 0.05) is 12.6 Å². The maximum Gasteiger partial charge on any atom is 0.405 e. The molecule has 16 heavy (non-hydrogen) atoms. The predicted octanol–water partition coefficient (Wildman–Crippen LogP) is 2.11. The topological polar surface area (TPSA) is 49.8 Å². The molecule has 0 saturated carbocycles. The minimum atomic E-state index is -4.26. The highest BCUT2D eigenvalue weighted by Crippen LogP contribution is 2.21. The van der Waals surface area contributed by atoms with E-state index in [1.165, 1.54) is 0 Å². The molecule has 1 rings (SSSR count). The van der Waals surface area contributed by atoms with Crippen molar-refractivity contribution in [3.05, 3.63) is 11.4 Å². The third-order valence-corrected chi connectivity index (χ3v) is 1.95. The van der Waals surface area contributed by atoms with Crippen molar-refractivity contribution in [3.8, 4) is 0 Å². The van der Waals surface area contributed by atoms with Crippen LogP contribution >= 0.6 is 0 Å². The van der Waals surface area contributed by atoms with Crippen LogP contribution in [0.4, 0.5) is 24.8 Å². The van der Waals surface area contributed by atoms with E-state index in [0.29, 0.717) is 17.2 Å². The molecule has 2 N–H and O–H groups in total. The Morgan fingerprint density at radius 1 is 1.12 bits per heavy atom. The van der Waals surface area contributed by atoms with Crippen LogP contribution in [0.2, 0.25) is 0 Å². The number of aromatic nitrogens is 2. The van der Waals surface area contributed by atoms with E-state index in [1.807, 2.05) is 0 Å². The minimum Gasteiger partial charge on any atom is -0.373 e. The summed E-state index contributed by atoms with van der Waals surface area (Å²) >= 11 is 0. The molecule has 0 saturated heterocycles. The zero-order chi connectivity index (χ0) is 12.3. The molecule has 0 fully saturated rings. The van der Waals surface area contributed by atoms with Crippen LogP contribution in [0.25, 0.3) is 0 Å². The lowest BCUT2D eigenvalue weighted by Crippen LogP contribution is -2.22. The van der Waals surface area contributed by atoms with Crippen molar-refractivity contribution in [3.63, 3.8) is 0 Å². The number of nitrogens with zero attached hydrogens (tertiary/aromatic N) is 2. The molecule has 0 aliphatic heterocycles. The Labute approximate surface area is 91.3 Å². The van der Waals surface area contributed by atoms with Gasteiger partial charge in [0.2, 0.25) is 0 Å². The zero-order valence-electron chi connectivity index (χ0n) is 9.24. The minimum absolute atomic E-state index is 0.203. The molecular weight excluding hydrogens is 221 g/mol. The first-order chi connectivity index (χ1) is 7.33. The van der Waals surface area contributed by atoms with Crippen LogP contribution in [0.15, 0.2) is 0 Å². The number of rotatable bonds is 3. The third-order valence-electron chi connectivity index (χ3n) is 1.95. The van der Waals surface area contributed by atoms with E-state index in [1.54, 1.807) is 20.9 Å². The van der Waals surface area contributed by atoms with Crippen LogP contribution in [0.5, 0.6) is 0 Å². The van der Waals surface area contributed by atoms with Gasteiger partial charge in [-0.05, 0) is 13.8 Å². The highest BCUT2D eigenvalue weighted by atomic mass is 19.4. The first kappa shape index (κ1) is 12.5. The van der Waals surface area contributed by atoms with Crippen molar-refractivity contribution in [2.24, 2.45) is 0 Å². The lowest BCUT2D eigenvalue weighted by atomic mass is 10.3. The van der Waals surface area contributed by atoms with Gasteiger partial charge in [0.15, 0.2) is 0 Å². The van der Waals surface area contributed by atoms with Gasteiger partial charge in [-0.15, -0.1) is 0 Å². The quantitative estimate of drug-likeness (QED) is 0.841. The van der Waals surface area contributed by atoms with Gasteiger partial charge in [-0.2, -0.15) is 13.2 Å². The molecule has 0 spiro atoms. The van der Waals surface area contributed by atoms with E-state index < -0.39 is 12.7 Å². The van der Waals surface area contributed by atoms with Crippen LogP contribution in [0.3, 0.4) is 0 Å². The molecule has 0 bridgehead atoms. The molecule has 1 aromatic rings. The van der Waals surface area contributed by atoms with E-state index in [-0.39, 0.29) is 5.82 Å². The Morgan fingerprint density at radius 2 is 1.69 bits per heavy atom. The van der Waals surface area contributed by atoms with Gasteiger partial charge in [0.05, 0.1) is 0 Å². The van der Waals surface area contributed by atoms with E-state index in [2.05, 4.69) is 20.6 Å². The average Bonchev–Trinajstić information content (AvgIpc) is 2.17. The van der Waals surface area contributed by atoms with E-state index in [4.69, 9.17) is 0 Å². The van der Waals surface area contributed by atoms with Gasteiger partial charge in [0.25, 0.3) is 0 Å². The summed E-state index contributed by atoms with van der Waals surface area (Å²) in [5, 5.41) is 5.05. The second-order valence-corrected chi connectivity index (χ2v) is 3.31. The zero-order valence-corrected chi connectivity index (χ0v) is 9.24. The molecule has 0 atom stereocenters. The molecule has 1 aromatic heterocycles. The molecule has 90 valence electrons. The molecule has 7 heteroatoms. The van der Waals surface area contributed by atoms with Crippen molar-refractivity contribution >= 4 is 11.6 Å². The normalized spacial score (nSPS) is 11.4. The smallest absolute Gasteiger partial charge is 0.373 e. The number of nitrogens with one attached hydrogen (secondary N) is 2. The van der Waals surface area contributed by atoms with Gasteiger partial charge in [-0.3, -0.25) is 0 Å². The summed E-state index contributed by atoms with van der Waals surface area (Å²) < 4.78 is 36.1. The standard InChI is InChI=1S/C9H13F3N4/c1-5-7(13-3)15-6(2)16-8(5)14-4-9(10,11)12/h4H2,1-3H3,(H2,13,14,15,16). The molecule has 0 aromatic carbocycles. The highest BCUT2D eigenvalue weighted by Gasteiger charge is 2.27. The summed E-state index contributed by atoms with van der Waals surface area (Å²) in [6, 6.07) is 0. The molecule has 0 aliphatic rings. The van der Waals surface area contributed by atoms with Gasteiger partial charge >= 0.3 is 6.18 Å². The van der Waals surface area contributed by atoms with E-state index in [0.717, 1.165) is 0 Å². The van der Waals surface area contributed by atoms with E-state index >= 15 is 0 Å². The number of halogens is 3. The summed E-state index contributed by atoms with van der Waals surface area (Å²) in [5.74, 6) is 1.14. The number of anilines is 2. The van der Waals surface area contributed by atoms with Crippen LogP contribution in [0, 0.1) is 13.8 Å². The molecular formula is C9H13F3N4. The summed E-state index contributed by atoms with van der Waals surface area (Å²) in [6.45, 7) is 2.18. The monoisotopic (exact) mass is 234 g/mol. The second kappa shape index (κ2) is 4.54. The fourth-order valence-electron chi connectivity index (χ4n) is 1.23. The molecule has 1 heterocycles. The fourth-order valence-corrected chi connectivity index (χ4v) is 1.23. The number of hydrogen-bond acceptors (Lipinski definition) is 4. The fraction of sp³-hybridized carbons (Fsp3) is 0.556. The van der Waals surface area contributed by atoms with Crippen molar-refractivity contribution in [2.75, 3.05) is 24.2 Å². The number of alkyl halides is 3. The SMILES string of the molecule is CNc1nc(C)nc(NCC(F)(F)F)c1C. The van der Waals surface area contributed by atoms with Crippen molar-refractivity contribution < 1.29 is 13.2 Å². The number of aryl methyl sites for hydroxylation is 1. The molecule has 0 aliphatic carbocycles. The molecule has 0 unspecified atom stereocenters. The van der Waals surface area contributed by atoms with Crippen molar-refractivity contribution in [1.82, 2.24) is 9.97 Å². The second-order valence-electron chi connectivity index (χ2n) is 3.31. The van der Waals surface area contributed by atoms with Gasteiger partial charge in [-0.25, -0.2) is 9.97 Å². The maximum absolute atomic E-state index is 12.0. The third kappa shape index (κ3) is 3.25. The first-order valence-electron chi connectivity index (χ1n) is 4.67. The largest absolute Gasteiger partial charge is 0.405 e. The maximum atomic E-state index is 12.0. The van der Waals surface area contributed by atoms with Crippen LogP contribution in [0.1, 0.15) is 11.4 Å². The Morgan fingerprint density at radius 3 is 2.19 bits per heavy atom. The number of hydrogen-bond donors (Lipinski definition) is 2. The lowest BCUT2D eigenvalue weighted by Gasteiger charge is -2.13. The van der Waals surface area contributed by atoms with Crippen molar-refractivity contribution in [1.29, 1.82) is 0 Å². The molecule has 4 nitrogen and oxygen atoms in total. The molecule has 0 amide bonds. The Kier molecular flexibility index (Phi) is 3.56. The highest BCUT2D eigenvalue weighted by molar-refractivity contribution is 5.56. The van der Waals surface area contributed by atoms with Gasteiger partial charge in [-0.1, -0.05) is 0 Å². The van der Waals surface area contributed by atoms with Crippen molar-refractivity contribution in [2.45, 2.75) is 20.0 Å². The summed E-state index contributed by atoms with van der Waals surface area (Å²) in [6.07, 6.45) is -4.26. The average molecular weight is 234 g/mol. The Balaban J connectivity index is 2.91. The van der Waals surface area contributed by atoms with Gasteiger partial charge < -0.3 is 10.6 Å². The van der Waals surface area contributed by atoms with Crippen LogP contribution in [-0.2, 0) is 0 Å². The van der Waals surface area contributed by atoms with Crippen LogP contribution < -0.4 is 10.6 Å². The Hall–Kier alpha value is -1.53. The summed E-state index contributed by atoms with van der Waals surface area (Å²) in [5.41, 5.74) is 0.567. The molecule has 0 radical (unpaired) electrons.